The molecule has 1 N–H and O–H groups in total. The van der Waals surface area contributed by atoms with E-state index in [1.807, 2.05) is 47.4 Å². The third kappa shape index (κ3) is 5.58. The highest BCUT2D eigenvalue weighted by Crippen LogP contribution is 2.24. The summed E-state index contributed by atoms with van der Waals surface area (Å²) >= 11 is 0. The minimum atomic E-state index is -0.506. The van der Waals surface area contributed by atoms with Gasteiger partial charge in [0.2, 0.25) is 5.91 Å². The first-order valence-corrected chi connectivity index (χ1v) is 11.4. The van der Waals surface area contributed by atoms with Crippen LogP contribution in [0.2, 0.25) is 0 Å². The second-order valence-corrected chi connectivity index (χ2v) is 8.12. The number of rotatable bonds is 7. The van der Waals surface area contributed by atoms with Gasteiger partial charge in [-0.1, -0.05) is 30.3 Å². The van der Waals surface area contributed by atoms with Crippen molar-refractivity contribution in [1.82, 2.24) is 25.1 Å². The Morgan fingerprint density at radius 1 is 1.00 bits per heavy atom. The molecule has 1 fully saturated rings. The second kappa shape index (κ2) is 11.4. The van der Waals surface area contributed by atoms with Gasteiger partial charge in [-0.3, -0.25) is 24.5 Å². The maximum Gasteiger partial charge on any atom is 0.272 e. The summed E-state index contributed by atoms with van der Waals surface area (Å²) in [6.07, 6.45) is 5.81. The van der Waals surface area contributed by atoms with E-state index >= 15 is 0 Å². The summed E-state index contributed by atoms with van der Waals surface area (Å²) in [6.45, 7) is 2.76. The molecule has 3 heterocycles. The second-order valence-electron chi connectivity index (χ2n) is 8.12. The van der Waals surface area contributed by atoms with Crippen molar-refractivity contribution in [3.8, 4) is 5.75 Å². The molecule has 0 saturated carbocycles. The van der Waals surface area contributed by atoms with Crippen molar-refractivity contribution in [1.29, 1.82) is 0 Å². The van der Waals surface area contributed by atoms with Gasteiger partial charge in [0.15, 0.2) is 0 Å². The lowest BCUT2D eigenvalue weighted by Crippen LogP contribution is -2.42. The largest absolute Gasteiger partial charge is 0.496 e. The highest BCUT2D eigenvalue weighted by molar-refractivity contribution is 5.92. The van der Waals surface area contributed by atoms with E-state index in [9.17, 15) is 9.59 Å². The number of amides is 2. The van der Waals surface area contributed by atoms with E-state index in [1.54, 1.807) is 37.8 Å². The van der Waals surface area contributed by atoms with Crippen LogP contribution in [0.4, 0.5) is 0 Å². The van der Waals surface area contributed by atoms with Crippen LogP contribution in [0.1, 0.15) is 34.1 Å². The van der Waals surface area contributed by atoms with Crippen LogP contribution in [0, 0.1) is 0 Å². The Labute approximate surface area is 199 Å². The monoisotopic (exact) mass is 459 g/mol. The normalized spacial score (nSPS) is 15.3. The Kier molecular flexibility index (Phi) is 7.83. The summed E-state index contributed by atoms with van der Waals surface area (Å²) < 4.78 is 5.41. The molecule has 1 atom stereocenters. The van der Waals surface area contributed by atoms with E-state index in [1.165, 1.54) is 0 Å². The molecule has 0 radical (unpaired) electrons. The summed E-state index contributed by atoms with van der Waals surface area (Å²) in [5, 5.41) is 3.07. The molecule has 2 amide bonds. The zero-order chi connectivity index (χ0) is 23.8. The lowest BCUT2D eigenvalue weighted by atomic mass is 10.1. The minimum Gasteiger partial charge on any atom is -0.496 e. The lowest BCUT2D eigenvalue weighted by molar-refractivity contribution is -0.126. The van der Waals surface area contributed by atoms with Crippen molar-refractivity contribution in [2.75, 3.05) is 33.3 Å². The van der Waals surface area contributed by atoms with Gasteiger partial charge >= 0.3 is 0 Å². The van der Waals surface area contributed by atoms with Crippen molar-refractivity contribution in [3.63, 3.8) is 0 Å². The fraction of sp³-hybridized carbons (Fsp3) is 0.308. The molecule has 0 aliphatic carbocycles. The fourth-order valence-corrected chi connectivity index (χ4v) is 4.24. The molecule has 2 aromatic heterocycles. The average molecular weight is 460 g/mol. The molecule has 1 aliphatic heterocycles. The number of benzene rings is 1. The zero-order valence-corrected chi connectivity index (χ0v) is 19.3. The topological polar surface area (TPSA) is 87.7 Å². The molecular weight excluding hydrogens is 430 g/mol. The summed E-state index contributed by atoms with van der Waals surface area (Å²) in [5.74, 6) is 0.545. The lowest BCUT2D eigenvalue weighted by Gasteiger charge is -2.30. The third-order valence-corrected chi connectivity index (χ3v) is 5.96. The van der Waals surface area contributed by atoms with Crippen LogP contribution in [-0.4, -0.2) is 64.9 Å². The van der Waals surface area contributed by atoms with Gasteiger partial charge in [0.25, 0.3) is 5.91 Å². The average Bonchev–Trinajstić information content (AvgIpc) is 3.14. The number of carbonyl (C=O) groups excluding carboxylic acids is 2. The number of nitrogens with zero attached hydrogens (tertiary/aromatic N) is 4. The molecule has 3 aromatic rings. The number of nitrogens with one attached hydrogen (secondary N) is 1. The van der Waals surface area contributed by atoms with Crippen molar-refractivity contribution in [3.05, 3.63) is 90.0 Å². The standard InChI is InChI=1S/C26H29N5O3/c1-34-23-11-3-2-8-20(23)19-29-25(32)24(21-9-6-12-27-18-21)30-14-7-15-31(17-16-30)26(33)22-10-4-5-13-28-22/h2-6,8-13,18,24H,7,14-17,19H2,1H3,(H,29,32). The number of methoxy groups -OCH3 is 1. The van der Waals surface area contributed by atoms with Gasteiger partial charge in [-0.15, -0.1) is 0 Å². The SMILES string of the molecule is COc1ccccc1CNC(=O)C(c1cccnc1)N1CCCN(C(=O)c2ccccn2)CC1. The number of aromatic nitrogens is 2. The van der Waals surface area contributed by atoms with Gasteiger partial charge in [-0.2, -0.15) is 0 Å². The summed E-state index contributed by atoms with van der Waals surface area (Å²) in [4.78, 5) is 38.7. The Morgan fingerprint density at radius 3 is 2.62 bits per heavy atom. The Hall–Kier alpha value is -3.78. The molecule has 1 unspecified atom stereocenters. The van der Waals surface area contributed by atoms with Crippen molar-refractivity contribution in [2.24, 2.45) is 0 Å². The molecular formula is C26H29N5O3. The molecule has 0 spiro atoms. The van der Waals surface area contributed by atoms with Gasteiger partial charge in [0, 0.05) is 56.9 Å². The van der Waals surface area contributed by atoms with E-state index in [0.29, 0.717) is 38.4 Å². The molecule has 4 rings (SSSR count). The van der Waals surface area contributed by atoms with E-state index in [-0.39, 0.29) is 11.8 Å². The van der Waals surface area contributed by atoms with Gasteiger partial charge in [-0.05, 0) is 36.2 Å². The van der Waals surface area contributed by atoms with E-state index in [0.717, 1.165) is 23.3 Å². The molecule has 1 saturated heterocycles. The summed E-state index contributed by atoms with van der Waals surface area (Å²) in [6, 6.07) is 16.2. The smallest absolute Gasteiger partial charge is 0.272 e. The molecule has 176 valence electrons. The van der Waals surface area contributed by atoms with Crippen LogP contribution < -0.4 is 10.1 Å². The highest BCUT2D eigenvalue weighted by atomic mass is 16.5. The maximum atomic E-state index is 13.5. The van der Waals surface area contributed by atoms with E-state index < -0.39 is 6.04 Å². The predicted octanol–water partition coefficient (Wildman–Crippen LogP) is 2.69. The Bertz CT molecular complexity index is 1090. The quantitative estimate of drug-likeness (QED) is 0.585. The highest BCUT2D eigenvalue weighted by Gasteiger charge is 2.30. The van der Waals surface area contributed by atoms with Crippen LogP contribution in [0.15, 0.2) is 73.2 Å². The van der Waals surface area contributed by atoms with Crippen LogP contribution in [0.3, 0.4) is 0 Å². The number of hydrogen-bond donors (Lipinski definition) is 1. The van der Waals surface area contributed by atoms with Gasteiger partial charge in [0.05, 0.1) is 7.11 Å². The molecule has 8 nitrogen and oxygen atoms in total. The van der Waals surface area contributed by atoms with E-state index in [2.05, 4.69) is 20.2 Å². The number of ether oxygens (including phenoxy) is 1. The van der Waals surface area contributed by atoms with Gasteiger partial charge < -0.3 is 15.0 Å². The number of para-hydroxylation sites is 1. The molecule has 0 bridgehead atoms. The molecule has 34 heavy (non-hydrogen) atoms. The summed E-state index contributed by atoms with van der Waals surface area (Å²) in [7, 11) is 1.62. The van der Waals surface area contributed by atoms with Crippen molar-refractivity contribution in [2.45, 2.75) is 19.0 Å². The number of carbonyl (C=O) groups is 2. The maximum absolute atomic E-state index is 13.5. The number of pyridine rings is 2. The first-order chi connectivity index (χ1) is 16.7. The van der Waals surface area contributed by atoms with Gasteiger partial charge in [-0.25, -0.2) is 0 Å². The first-order valence-electron chi connectivity index (χ1n) is 11.4. The van der Waals surface area contributed by atoms with Gasteiger partial charge in [0.1, 0.15) is 17.5 Å². The molecule has 1 aliphatic rings. The molecule has 1 aromatic carbocycles. The van der Waals surface area contributed by atoms with Crippen molar-refractivity contribution < 1.29 is 14.3 Å². The summed E-state index contributed by atoms with van der Waals surface area (Å²) in [5.41, 5.74) is 2.17. The van der Waals surface area contributed by atoms with Crippen LogP contribution in [0.5, 0.6) is 5.75 Å². The zero-order valence-electron chi connectivity index (χ0n) is 19.3. The van der Waals surface area contributed by atoms with Crippen molar-refractivity contribution >= 4 is 11.8 Å². The fourth-order valence-electron chi connectivity index (χ4n) is 4.24. The Morgan fingerprint density at radius 2 is 1.85 bits per heavy atom. The van der Waals surface area contributed by atoms with Crippen LogP contribution >= 0.6 is 0 Å². The predicted molar refractivity (Wildman–Crippen MR) is 128 cm³/mol. The van der Waals surface area contributed by atoms with E-state index in [4.69, 9.17) is 4.74 Å². The van der Waals surface area contributed by atoms with Crippen LogP contribution in [0.25, 0.3) is 0 Å². The third-order valence-electron chi connectivity index (χ3n) is 5.96. The number of hydrogen-bond acceptors (Lipinski definition) is 6. The minimum absolute atomic E-state index is 0.0824. The Balaban J connectivity index is 1.48. The first kappa shape index (κ1) is 23.4. The molecule has 8 heteroatoms. The van der Waals surface area contributed by atoms with Crippen LogP contribution in [-0.2, 0) is 11.3 Å².